The average molecular weight is 321 g/mol. The Morgan fingerprint density at radius 1 is 1.36 bits per heavy atom. The third kappa shape index (κ3) is 3.54. The highest BCUT2D eigenvalue weighted by molar-refractivity contribution is 6.35. The van der Waals surface area contributed by atoms with Gasteiger partial charge < -0.3 is 10.4 Å². The van der Waals surface area contributed by atoms with Crippen molar-refractivity contribution in [1.29, 1.82) is 0 Å². The highest BCUT2D eigenvalue weighted by Crippen LogP contribution is 2.25. The smallest absolute Gasteiger partial charge is 0.326 e. The highest BCUT2D eigenvalue weighted by Gasteiger charge is 2.22. The normalized spacial score (nSPS) is 12.1. The standard InChI is InChI=1S/C16H17ClN2O3/c1-2-3-6-13(16(21)22)19-15(20)14-10-5-4-9-18-12(10)8-7-11(14)17/h4-5,7-9,13H,2-3,6H2,1H3,(H,19,20)(H,21,22)/t13-/m0/s1. The van der Waals surface area contributed by atoms with Crippen LogP contribution >= 0.6 is 11.6 Å². The Hall–Kier alpha value is -2.14. The number of carbonyl (C=O) groups excluding carboxylic acids is 1. The maximum Gasteiger partial charge on any atom is 0.326 e. The first-order chi connectivity index (χ1) is 10.5. The van der Waals surface area contributed by atoms with E-state index in [1.165, 1.54) is 0 Å². The van der Waals surface area contributed by atoms with Crippen LogP contribution in [0.2, 0.25) is 5.02 Å². The lowest BCUT2D eigenvalue weighted by Crippen LogP contribution is -2.40. The zero-order chi connectivity index (χ0) is 16.1. The van der Waals surface area contributed by atoms with Crippen LogP contribution in [0.5, 0.6) is 0 Å². The number of aromatic nitrogens is 1. The molecule has 22 heavy (non-hydrogen) atoms. The highest BCUT2D eigenvalue weighted by atomic mass is 35.5. The van der Waals surface area contributed by atoms with E-state index in [9.17, 15) is 14.7 Å². The number of nitrogens with zero attached hydrogens (tertiary/aromatic N) is 1. The zero-order valence-electron chi connectivity index (χ0n) is 12.2. The van der Waals surface area contributed by atoms with Gasteiger partial charge >= 0.3 is 5.97 Å². The second-order valence-corrected chi connectivity index (χ2v) is 5.41. The number of carboxylic acid groups (broad SMARTS) is 1. The van der Waals surface area contributed by atoms with Crippen molar-refractivity contribution in [2.24, 2.45) is 0 Å². The van der Waals surface area contributed by atoms with Gasteiger partial charge in [0.05, 0.1) is 16.1 Å². The lowest BCUT2D eigenvalue weighted by Gasteiger charge is -2.15. The minimum Gasteiger partial charge on any atom is -0.480 e. The molecule has 5 nitrogen and oxygen atoms in total. The maximum atomic E-state index is 12.5. The molecular formula is C16H17ClN2O3. The van der Waals surface area contributed by atoms with E-state index in [-0.39, 0.29) is 10.6 Å². The van der Waals surface area contributed by atoms with Gasteiger partial charge in [0.15, 0.2) is 0 Å². The fourth-order valence-corrected chi connectivity index (χ4v) is 2.50. The fraction of sp³-hybridized carbons (Fsp3) is 0.312. The van der Waals surface area contributed by atoms with Gasteiger partial charge in [-0.2, -0.15) is 0 Å². The number of amides is 1. The van der Waals surface area contributed by atoms with E-state index in [2.05, 4.69) is 10.3 Å². The van der Waals surface area contributed by atoms with Gasteiger partial charge in [-0.05, 0) is 24.6 Å². The summed E-state index contributed by atoms with van der Waals surface area (Å²) in [7, 11) is 0. The summed E-state index contributed by atoms with van der Waals surface area (Å²) in [5.74, 6) is -1.54. The van der Waals surface area contributed by atoms with E-state index in [1.807, 2.05) is 6.92 Å². The summed E-state index contributed by atoms with van der Waals surface area (Å²) in [6, 6.07) is 5.84. The van der Waals surface area contributed by atoms with Crippen LogP contribution in [0.3, 0.4) is 0 Å². The first-order valence-electron chi connectivity index (χ1n) is 7.11. The second-order valence-electron chi connectivity index (χ2n) is 5.00. The average Bonchev–Trinajstić information content (AvgIpc) is 2.50. The lowest BCUT2D eigenvalue weighted by molar-refractivity contribution is -0.139. The van der Waals surface area contributed by atoms with Crippen LogP contribution in [0.15, 0.2) is 30.5 Å². The van der Waals surface area contributed by atoms with Crippen LogP contribution in [0, 0.1) is 0 Å². The number of carboxylic acids is 1. The quantitative estimate of drug-likeness (QED) is 0.856. The van der Waals surface area contributed by atoms with Crippen LogP contribution in [-0.4, -0.2) is 28.0 Å². The molecule has 1 atom stereocenters. The minimum atomic E-state index is -1.05. The molecule has 0 saturated heterocycles. The largest absolute Gasteiger partial charge is 0.480 e. The summed E-state index contributed by atoms with van der Waals surface area (Å²) >= 11 is 6.13. The fourth-order valence-electron chi connectivity index (χ4n) is 2.25. The maximum absolute atomic E-state index is 12.5. The van der Waals surface area contributed by atoms with Crippen molar-refractivity contribution in [1.82, 2.24) is 10.3 Å². The van der Waals surface area contributed by atoms with Crippen LogP contribution in [-0.2, 0) is 4.79 Å². The minimum absolute atomic E-state index is 0.259. The summed E-state index contributed by atoms with van der Waals surface area (Å²) in [5, 5.41) is 12.6. The van der Waals surface area contributed by atoms with Crippen LogP contribution < -0.4 is 5.32 Å². The molecule has 0 aliphatic heterocycles. The van der Waals surface area contributed by atoms with E-state index in [4.69, 9.17) is 11.6 Å². The topological polar surface area (TPSA) is 79.3 Å². The summed E-state index contributed by atoms with van der Waals surface area (Å²) in [5.41, 5.74) is 0.896. The number of aliphatic carboxylic acids is 1. The van der Waals surface area contributed by atoms with E-state index in [0.29, 0.717) is 17.3 Å². The Balaban J connectivity index is 2.32. The molecule has 0 aliphatic carbocycles. The van der Waals surface area contributed by atoms with Gasteiger partial charge in [-0.3, -0.25) is 9.78 Å². The Morgan fingerprint density at radius 3 is 2.82 bits per heavy atom. The van der Waals surface area contributed by atoms with E-state index in [0.717, 1.165) is 12.8 Å². The molecule has 1 aromatic heterocycles. The van der Waals surface area contributed by atoms with Gasteiger partial charge in [0.25, 0.3) is 5.91 Å². The number of benzene rings is 1. The van der Waals surface area contributed by atoms with Crippen molar-refractivity contribution in [3.8, 4) is 0 Å². The first kappa shape index (κ1) is 16.2. The van der Waals surface area contributed by atoms with E-state index < -0.39 is 17.9 Å². The summed E-state index contributed by atoms with van der Waals surface area (Å²) in [6.45, 7) is 1.97. The monoisotopic (exact) mass is 320 g/mol. The van der Waals surface area contributed by atoms with Gasteiger partial charge in [0.1, 0.15) is 6.04 Å². The molecule has 0 spiro atoms. The van der Waals surface area contributed by atoms with Gasteiger partial charge in [-0.1, -0.05) is 37.4 Å². The molecule has 0 saturated carbocycles. The summed E-state index contributed by atoms with van der Waals surface area (Å²) in [4.78, 5) is 27.9. The molecule has 2 aromatic rings. The van der Waals surface area contributed by atoms with Crippen molar-refractivity contribution < 1.29 is 14.7 Å². The molecule has 0 unspecified atom stereocenters. The molecule has 1 heterocycles. The molecule has 0 fully saturated rings. The molecule has 1 aromatic carbocycles. The number of pyridine rings is 1. The third-order valence-electron chi connectivity index (χ3n) is 3.41. The number of unbranched alkanes of at least 4 members (excludes halogenated alkanes) is 1. The molecule has 0 radical (unpaired) electrons. The van der Waals surface area contributed by atoms with Crippen molar-refractivity contribution in [3.63, 3.8) is 0 Å². The van der Waals surface area contributed by atoms with Crippen LogP contribution in [0.4, 0.5) is 0 Å². The van der Waals surface area contributed by atoms with Crippen LogP contribution in [0.1, 0.15) is 36.5 Å². The molecule has 0 aliphatic rings. The lowest BCUT2D eigenvalue weighted by atomic mass is 10.1. The predicted octanol–water partition coefficient (Wildman–Crippen LogP) is 3.26. The van der Waals surface area contributed by atoms with Crippen molar-refractivity contribution in [3.05, 3.63) is 41.0 Å². The molecule has 2 rings (SSSR count). The second kappa shape index (κ2) is 7.22. The molecular weight excluding hydrogens is 304 g/mol. The number of rotatable bonds is 6. The van der Waals surface area contributed by atoms with Crippen molar-refractivity contribution in [2.45, 2.75) is 32.2 Å². The van der Waals surface area contributed by atoms with E-state index in [1.54, 1.807) is 30.5 Å². The number of hydrogen-bond donors (Lipinski definition) is 2. The molecule has 1 amide bonds. The summed E-state index contributed by atoms with van der Waals surface area (Å²) in [6.07, 6.45) is 3.60. The molecule has 2 N–H and O–H groups in total. The number of carbonyl (C=O) groups is 2. The first-order valence-corrected chi connectivity index (χ1v) is 7.49. The molecule has 6 heteroatoms. The number of hydrogen-bond acceptors (Lipinski definition) is 3. The Kier molecular flexibility index (Phi) is 5.33. The Bertz CT molecular complexity index is 703. The predicted molar refractivity (Wildman–Crippen MR) is 85.2 cm³/mol. The van der Waals surface area contributed by atoms with Crippen LogP contribution in [0.25, 0.3) is 10.9 Å². The molecule has 116 valence electrons. The summed E-state index contributed by atoms with van der Waals surface area (Å²) < 4.78 is 0. The van der Waals surface area contributed by atoms with Gasteiger partial charge in [0.2, 0.25) is 0 Å². The van der Waals surface area contributed by atoms with Gasteiger partial charge in [0, 0.05) is 11.6 Å². The number of halogens is 1. The molecule has 0 bridgehead atoms. The Labute approximate surface area is 133 Å². The van der Waals surface area contributed by atoms with Gasteiger partial charge in [-0.25, -0.2) is 4.79 Å². The SMILES string of the molecule is CCCC[C@H](NC(=O)c1c(Cl)ccc2ncccc12)C(=O)O. The Morgan fingerprint density at radius 2 is 2.14 bits per heavy atom. The van der Waals surface area contributed by atoms with Crippen molar-refractivity contribution >= 4 is 34.4 Å². The van der Waals surface area contributed by atoms with Gasteiger partial charge in [-0.15, -0.1) is 0 Å². The third-order valence-corrected chi connectivity index (χ3v) is 3.73. The van der Waals surface area contributed by atoms with E-state index >= 15 is 0 Å². The zero-order valence-corrected chi connectivity index (χ0v) is 12.9. The van der Waals surface area contributed by atoms with Crippen molar-refractivity contribution in [2.75, 3.05) is 0 Å². The number of fused-ring (bicyclic) bond motifs is 1. The number of nitrogens with one attached hydrogen (secondary N) is 1.